The van der Waals surface area contributed by atoms with Crippen molar-refractivity contribution < 1.29 is 14.0 Å². The Bertz CT molecular complexity index is 1020. The van der Waals surface area contributed by atoms with Crippen LogP contribution in [0.3, 0.4) is 0 Å². The number of hydrogen-bond donors (Lipinski definition) is 0. The monoisotopic (exact) mass is 383 g/mol. The number of nitrogens with zero attached hydrogens (tertiary/aromatic N) is 3. The van der Waals surface area contributed by atoms with Gasteiger partial charge in [0.15, 0.2) is 11.5 Å². The van der Waals surface area contributed by atoms with Crippen molar-refractivity contribution in [1.29, 1.82) is 0 Å². The van der Waals surface area contributed by atoms with E-state index in [0.29, 0.717) is 59.3 Å². The molecule has 7 heteroatoms. The number of carbonyl (C=O) groups excluding carboxylic acids is 2. The lowest BCUT2D eigenvalue weighted by molar-refractivity contribution is 0.0535. The van der Waals surface area contributed by atoms with Crippen molar-refractivity contribution in [1.82, 2.24) is 14.8 Å². The molecule has 27 heavy (non-hydrogen) atoms. The van der Waals surface area contributed by atoms with Gasteiger partial charge in [0.1, 0.15) is 5.52 Å². The van der Waals surface area contributed by atoms with Crippen LogP contribution < -0.4 is 0 Å². The lowest BCUT2D eigenvalue weighted by Crippen LogP contribution is -2.50. The summed E-state index contributed by atoms with van der Waals surface area (Å²) >= 11 is 6.12. The van der Waals surface area contributed by atoms with Crippen molar-refractivity contribution in [3.8, 4) is 0 Å². The highest BCUT2D eigenvalue weighted by Gasteiger charge is 2.26. The van der Waals surface area contributed by atoms with Crippen molar-refractivity contribution in [2.75, 3.05) is 26.2 Å². The van der Waals surface area contributed by atoms with Crippen LogP contribution in [0.15, 0.2) is 46.9 Å². The topological polar surface area (TPSA) is 66.7 Å². The van der Waals surface area contributed by atoms with Crippen LogP contribution in [0.1, 0.15) is 26.6 Å². The number of fused-ring (bicyclic) bond motifs is 1. The smallest absolute Gasteiger partial charge is 0.255 e. The van der Waals surface area contributed by atoms with Gasteiger partial charge in [-0.25, -0.2) is 4.98 Å². The van der Waals surface area contributed by atoms with Gasteiger partial charge in [0.25, 0.3) is 11.8 Å². The molecule has 1 fully saturated rings. The molecule has 0 atom stereocenters. The second kappa shape index (κ2) is 7.04. The van der Waals surface area contributed by atoms with Crippen LogP contribution in [0.5, 0.6) is 0 Å². The van der Waals surface area contributed by atoms with Gasteiger partial charge in [-0.15, -0.1) is 0 Å². The van der Waals surface area contributed by atoms with E-state index in [-0.39, 0.29) is 11.8 Å². The van der Waals surface area contributed by atoms with E-state index in [2.05, 4.69) is 4.98 Å². The van der Waals surface area contributed by atoms with Gasteiger partial charge in [-0.1, -0.05) is 23.7 Å². The summed E-state index contributed by atoms with van der Waals surface area (Å²) in [5.74, 6) is 0.399. The Hall–Kier alpha value is -2.86. The van der Waals surface area contributed by atoms with Crippen molar-refractivity contribution in [3.63, 3.8) is 0 Å². The van der Waals surface area contributed by atoms with Crippen LogP contribution in [0, 0.1) is 6.92 Å². The number of hydrogen-bond acceptors (Lipinski definition) is 4. The van der Waals surface area contributed by atoms with Crippen molar-refractivity contribution in [2.24, 2.45) is 0 Å². The zero-order valence-electron chi connectivity index (χ0n) is 14.8. The van der Waals surface area contributed by atoms with E-state index >= 15 is 0 Å². The molecule has 0 saturated carbocycles. The summed E-state index contributed by atoms with van der Waals surface area (Å²) in [4.78, 5) is 33.2. The Morgan fingerprint density at radius 3 is 2.37 bits per heavy atom. The van der Waals surface area contributed by atoms with Crippen molar-refractivity contribution in [2.45, 2.75) is 6.92 Å². The predicted octanol–water partition coefficient (Wildman–Crippen LogP) is 3.39. The minimum Gasteiger partial charge on any atom is -0.441 e. The molecule has 1 aromatic heterocycles. The maximum Gasteiger partial charge on any atom is 0.255 e. The van der Waals surface area contributed by atoms with E-state index < -0.39 is 0 Å². The fourth-order valence-electron chi connectivity index (χ4n) is 3.28. The third kappa shape index (κ3) is 3.40. The molecular formula is C20H18ClN3O3. The quantitative estimate of drug-likeness (QED) is 0.680. The molecule has 2 heterocycles. The second-order valence-corrected chi connectivity index (χ2v) is 6.89. The molecule has 1 aliphatic heterocycles. The molecular weight excluding hydrogens is 366 g/mol. The van der Waals surface area contributed by atoms with E-state index in [1.165, 1.54) is 0 Å². The summed E-state index contributed by atoms with van der Waals surface area (Å²) in [7, 11) is 0. The van der Waals surface area contributed by atoms with E-state index in [0.717, 1.165) is 0 Å². The van der Waals surface area contributed by atoms with Crippen LogP contribution in [0.25, 0.3) is 11.1 Å². The van der Waals surface area contributed by atoms with Gasteiger partial charge in [-0.3, -0.25) is 9.59 Å². The number of benzene rings is 2. The third-order valence-electron chi connectivity index (χ3n) is 4.70. The normalized spacial score (nSPS) is 14.6. The Balaban J connectivity index is 1.44. The van der Waals surface area contributed by atoms with E-state index in [1.807, 2.05) is 0 Å². The van der Waals surface area contributed by atoms with Gasteiger partial charge >= 0.3 is 0 Å². The molecule has 0 aliphatic carbocycles. The van der Waals surface area contributed by atoms with Crippen molar-refractivity contribution >= 4 is 34.5 Å². The highest BCUT2D eigenvalue weighted by molar-refractivity contribution is 6.33. The van der Waals surface area contributed by atoms with Gasteiger partial charge in [0.05, 0.1) is 10.6 Å². The van der Waals surface area contributed by atoms with Crippen LogP contribution >= 0.6 is 11.6 Å². The molecule has 2 amide bonds. The molecule has 0 spiro atoms. The Kier molecular flexibility index (Phi) is 4.58. The fourth-order valence-corrected chi connectivity index (χ4v) is 3.49. The molecule has 2 aromatic carbocycles. The summed E-state index contributed by atoms with van der Waals surface area (Å²) < 4.78 is 5.45. The molecule has 1 aliphatic rings. The van der Waals surface area contributed by atoms with Crippen LogP contribution in [-0.4, -0.2) is 52.8 Å². The Labute approximate surface area is 161 Å². The average molecular weight is 384 g/mol. The summed E-state index contributed by atoms with van der Waals surface area (Å²) in [6.07, 6.45) is 0. The highest BCUT2D eigenvalue weighted by atomic mass is 35.5. The van der Waals surface area contributed by atoms with E-state index in [9.17, 15) is 9.59 Å². The first-order valence-corrected chi connectivity index (χ1v) is 9.11. The van der Waals surface area contributed by atoms with Gasteiger partial charge in [-0.2, -0.15) is 0 Å². The largest absolute Gasteiger partial charge is 0.441 e. The second-order valence-electron chi connectivity index (χ2n) is 6.48. The molecule has 138 valence electrons. The van der Waals surface area contributed by atoms with Gasteiger partial charge in [-0.05, 0) is 30.3 Å². The molecule has 0 radical (unpaired) electrons. The summed E-state index contributed by atoms with van der Waals surface area (Å²) in [5, 5.41) is 0.442. The minimum atomic E-state index is -0.104. The zero-order valence-corrected chi connectivity index (χ0v) is 15.6. The number of piperazine rings is 1. The molecule has 3 aromatic rings. The van der Waals surface area contributed by atoms with Crippen molar-refractivity contribution in [3.05, 3.63) is 64.5 Å². The van der Waals surface area contributed by atoms with Gasteiger partial charge < -0.3 is 14.2 Å². The molecule has 6 nitrogen and oxygen atoms in total. The van der Waals surface area contributed by atoms with Gasteiger partial charge in [0.2, 0.25) is 0 Å². The zero-order chi connectivity index (χ0) is 19.0. The molecule has 4 rings (SSSR count). The first-order valence-electron chi connectivity index (χ1n) is 8.73. The minimum absolute atomic E-state index is 0.0672. The SMILES string of the molecule is Cc1nc2cc(C(=O)N3CCN(C(=O)c4ccccc4Cl)CC3)ccc2o1. The number of aromatic nitrogens is 1. The lowest BCUT2D eigenvalue weighted by atomic mass is 10.1. The number of halogens is 1. The fraction of sp³-hybridized carbons (Fsp3) is 0.250. The predicted molar refractivity (Wildman–Crippen MR) is 102 cm³/mol. The van der Waals surface area contributed by atoms with E-state index in [1.54, 1.807) is 59.2 Å². The molecule has 0 unspecified atom stereocenters. The van der Waals surface area contributed by atoms with Crippen LogP contribution in [-0.2, 0) is 0 Å². The summed E-state index contributed by atoms with van der Waals surface area (Å²) in [5.41, 5.74) is 2.40. The molecule has 0 N–H and O–H groups in total. The Morgan fingerprint density at radius 1 is 1.00 bits per heavy atom. The number of oxazole rings is 1. The lowest BCUT2D eigenvalue weighted by Gasteiger charge is -2.35. The maximum atomic E-state index is 12.8. The summed E-state index contributed by atoms with van der Waals surface area (Å²) in [6.45, 7) is 3.68. The molecule has 1 saturated heterocycles. The third-order valence-corrected chi connectivity index (χ3v) is 5.03. The van der Waals surface area contributed by atoms with Gasteiger partial charge in [0, 0.05) is 38.7 Å². The average Bonchev–Trinajstić information content (AvgIpc) is 3.06. The number of carbonyl (C=O) groups is 2. The number of aryl methyl sites for hydroxylation is 1. The highest BCUT2D eigenvalue weighted by Crippen LogP contribution is 2.20. The first-order chi connectivity index (χ1) is 13.0. The number of rotatable bonds is 2. The number of amides is 2. The standard InChI is InChI=1S/C20H18ClN3O3/c1-13-22-17-12-14(6-7-18(17)27-13)19(25)23-8-10-24(11-9-23)20(26)15-4-2-3-5-16(15)21/h2-7,12H,8-11H2,1H3. The first kappa shape index (κ1) is 17.5. The Morgan fingerprint density at radius 2 is 1.67 bits per heavy atom. The van der Waals surface area contributed by atoms with Crippen LogP contribution in [0.2, 0.25) is 5.02 Å². The maximum absolute atomic E-state index is 12.8. The van der Waals surface area contributed by atoms with E-state index in [4.69, 9.17) is 16.0 Å². The summed E-state index contributed by atoms with van der Waals surface area (Å²) in [6, 6.07) is 12.3. The molecule has 0 bridgehead atoms. The van der Waals surface area contributed by atoms with Crippen LogP contribution in [0.4, 0.5) is 0 Å².